The number of aliphatic hydroxyl groups is 6. The Morgan fingerprint density at radius 1 is 1.11 bits per heavy atom. The summed E-state index contributed by atoms with van der Waals surface area (Å²) in [7, 11) is 0. The van der Waals surface area contributed by atoms with Crippen molar-refractivity contribution in [1.82, 2.24) is 5.32 Å². The van der Waals surface area contributed by atoms with Crippen LogP contribution < -0.4 is 14.8 Å². The molecule has 7 N–H and O–H groups in total. The maximum atomic E-state index is 12.5. The average Bonchev–Trinajstić information content (AvgIpc) is 3.75. The lowest BCUT2D eigenvalue weighted by atomic mass is 9.53. The third-order valence-corrected chi connectivity index (χ3v) is 10.5. The maximum Gasteiger partial charge on any atom is 0.306 e. The summed E-state index contributed by atoms with van der Waals surface area (Å²) >= 11 is 0. The Morgan fingerprint density at radius 2 is 1.89 bits per heavy atom. The smallest absolute Gasteiger partial charge is 0.306 e. The van der Waals surface area contributed by atoms with Crippen molar-refractivity contribution in [2.24, 2.45) is 17.8 Å². The molecule has 0 radical (unpaired) electrons. The number of benzene rings is 1. The fourth-order valence-corrected chi connectivity index (χ4v) is 8.20. The molecule has 47 heavy (non-hydrogen) atoms. The molecule has 13 nitrogen and oxygen atoms in total. The summed E-state index contributed by atoms with van der Waals surface area (Å²) in [5.41, 5.74) is -3.59. The van der Waals surface area contributed by atoms with Crippen molar-refractivity contribution in [2.75, 3.05) is 33.0 Å². The van der Waals surface area contributed by atoms with E-state index in [1.807, 2.05) is 0 Å². The molecular weight excluding hydrogens is 614 g/mol. The zero-order valence-electron chi connectivity index (χ0n) is 26.6. The van der Waals surface area contributed by atoms with E-state index in [0.717, 1.165) is 12.8 Å². The van der Waals surface area contributed by atoms with Crippen LogP contribution in [-0.2, 0) is 20.7 Å². The van der Waals surface area contributed by atoms with Crippen molar-refractivity contribution in [3.8, 4) is 11.5 Å². The number of ether oxygens (including phenoxy) is 4. The fourth-order valence-electron chi connectivity index (χ4n) is 8.20. The first-order valence-electron chi connectivity index (χ1n) is 16.7. The molecule has 2 aromatic rings. The van der Waals surface area contributed by atoms with Crippen molar-refractivity contribution >= 4 is 16.9 Å². The molecule has 0 amide bonds. The lowest BCUT2D eigenvalue weighted by molar-refractivity contribution is -0.391. The van der Waals surface area contributed by atoms with Crippen molar-refractivity contribution in [2.45, 2.75) is 93.7 Å². The topological polar surface area (TPSA) is 201 Å². The molecule has 260 valence electrons. The first kappa shape index (κ1) is 34.1. The number of aryl methyl sites for hydroxylation is 1. The molecule has 3 aliphatic carbocycles. The second kappa shape index (κ2) is 14.0. The minimum atomic E-state index is -2.37. The first-order chi connectivity index (χ1) is 22.6. The summed E-state index contributed by atoms with van der Waals surface area (Å²) in [5, 5.41) is 71.5. The van der Waals surface area contributed by atoms with Gasteiger partial charge in [0.15, 0.2) is 16.9 Å². The van der Waals surface area contributed by atoms with Crippen LogP contribution in [0.1, 0.15) is 51.0 Å². The summed E-state index contributed by atoms with van der Waals surface area (Å²) in [4.78, 5) is 12.4. The molecular formula is C34H47NO12. The van der Waals surface area contributed by atoms with Crippen molar-refractivity contribution in [3.05, 3.63) is 36.1 Å². The number of nitrogens with one attached hydrogen (secondary N) is 1. The van der Waals surface area contributed by atoms with E-state index in [1.165, 1.54) is 25.2 Å². The third-order valence-electron chi connectivity index (χ3n) is 10.5. The maximum absolute atomic E-state index is 12.5. The number of rotatable bonds is 13. The number of fused-ring (bicyclic) bond motifs is 5. The van der Waals surface area contributed by atoms with Gasteiger partial charge in [-0.25, -0.2) is 0 Å². The van der Waals surface area contributed by atoms with Gasteiger partial charge in [0.2, 0.25) is 12.0 Å². The minimum Gasteiger partial charge on any atom is -0.485 e. The molecule has 1 aromatic heterocycles. The van der Waals surface area contributed by atoms with Gasteiger partial charge in [-0.05, 0) is 56.2 Å². The summed E-state index contributed by atoms with van der Waals surface area (Å²) < 4.78 is 29.9. The molecule has 2 saturated carbocycles. The van der Waals surface area contributed by atoms with Crippen molar-refractivity contribution < 1.29 is 58.8 Å². The molecule has 1 saturated heterocycles. The number of furan rings is 1. The fraction of sp³-hybridized carbons (Fsp3) is 0.676. The number of carbonyl (C=O) groups excluding carboxylic acids is 1. The first-order valence-corrected chi connectivity index (χ1v) is 16.7. The Hall–Kier alpha value is -2.75. The number of carbonyl (C=O) groups is 1. The average molecular weight is 662 g/mol. The van der Waals surface area contributed by atoms with Gasteiger partial charge in [-0.15, -0.1) is 0 Å². The summed E-state index contributed by atoms with van der Waals surface area (Å²) in [6, 6.07) is 3.93. The van der Waals surface area contributed by atoms with Crippen LogP contribution in [-0.4, -0.2) is 111 Å². The Bertz CT molecular complexity index is 1420. The van der Waals surface area contributed by atoms with Crippen LogP contribution >= 0.6 is 0 Å². The van der Waals surface area contributed by atoms with Gasteiger partial charge in [-0.3, -0.25) is 4.79 Å². The number of esters is 1. The molecule has 0 spiro atoms. The van der Waals surface area contributed by atoms with Gasteiger partial charge >= 0.3 is 5.97 Å². The largest absolute Gasteiger partial charge is 0.485 e. The quantitative estimate of drug-likeness (QED) is 0.0910. The van der Waals surface area contributed by atoms with Crippen LogP contribution in [0.3, 0.4) is 0 Å². The predicted octanol–water partition coefficient (Wildman–Crippen LogP) is 0.934. The highest BCUT2D eigenvalue weighted by Crippen LogP contribution is 2.56. The van der Waals surface area contributed by atoms with Crippen LogP contribution in [0.25, 0.3) is 11.0 Å². The minimum absolute atomic E-state index is 0.00192. The second-order valence-electron chi connectivity index (χ2n) is 13.3. The van der Waals surface area contributed by atoms with Gasteiger partial charge in [0, 0.05) is 42.8 Å². The molecule has 13 heteroatoms. The second-order valence-corrected chi connectivity index (χ2v) is 13.3. The van der Waals surface area contributed by atoms with Gasteiger partial charge < -0.3 is 59.3 Å². The van der Waals surface area contributed by atoms with Crippen molar-refractivity contribution in [3.63, 3.8) is 0 Å². The van der Waals surface area contributed by atoms with Gasteiger partial charge in [0.05, 0.1) is 25.6 Å². The van der Waals surface area contributed by atoms with E-state index in [0.29, 0.717) is 29.1 Å². The SMILES string of the molecule is CCOC(=O)CCc1cc2ccoc2c(OCCNC2CCCC2)c1O[C@@H]1O[C@H](CO)[C@]2(O)C[C@@H]3C=C[C@H](O)[C@@H](CO)[C@@H]3[C@@]1(O)[C@H]2O. The summed E-state index contributed by atoms with van der Waals surface area (Å²) in [6.45, 7) is 1.48. The Labute approximate surface area is 273 Å². The van der Waals surface area contributed by atoms with Crippen LogP contribution in [0, 0.1) is 17.8 Å². The van der Waals surface area contributed by atoms with Gasteiger partial charge in [-0.1, -0.05) is 25.0 Å². The Balaban J connectivity index is 1.40. The van der Waals surface area contributed by atoms with E-state index in [9.17, 15) is 35.4 Å². The molecule has 0 unspecified atom stereocenters. The molecule has 4 aliphatic rings. The molecule has 2 bridgehead atoms. The molecule has 6 rings (SSSR count). The number of hydrogen-bond donors (Lipinski definition) is 7. The molecule has 9 atom stereocenters. The Morgan fingerprint density at radius 3 is 2.62 bits per heavy atom. The van der Waals surface area contributed by atoms with E-state index in [1.54, 1.807) is 25.1 Å². The highest BCUT2D eigenvalue weighted by molar-refractivity contribution is 5.87. The van der Waals surface area contributed by atoms with E-state index >= 15 is 0 Å². The lowest BCUT2D eigenvalue weighted by Gasteiger charge is -2.63. The third kappa shape index (κ3) is 6.17. The van der Waals surface area contributed by atoms with Gasteiger partial charge in [0.25, 0.3) is 0 Å². The monoisotopic (exact) mass is 661 g/mol. The zero-order chi connectivity index (χ0) is 33.3. The highest BCUT2D eigenvalue weighted by Gasteiger charge is 2.72. The summed E-state index contributed by atoms with van der Waals surface area (Å²) in [5.74, 6) is -2.69. The van der Waals surface area contributed by atoms with Gasteiger partial charge in [0.1, 0.15) is 24.4 Å². The van der Waals surface area contributed by atoms with E-state index in [4.69, 9.17) is 23.4 Å². The Kier molecular flexibility index (Phi) is 10.2. The van der Waals surface area contributed by atoms with Crippen LogP contribution in [0.5, 0.6) is 11.5 Å². The molecule has 3 fully saturated rings. The van der Waals surface area contributed by atoms with E-state index in [-0.39, 0.29) is 44.0 Å². The highest BCUT2D eigenvalue weighted by atomic mass is 16.7. The van der Waals surface area contributed by atoms with Crippen LogP contribution in [0.2, 0.25) is 0 Å². The lowest BCUT2D eigenvalue weighted by Crippen LogP contribution is -2.81. The molecule has 2 heterocycles. The number of allylic oxidation sites excluding steroid dienone is 1. The van der Waals surface area contributed by atoms with Crippen LogP contribution in [0.4, 0.5) is 0 Å². The number of hydrogen-bond acceptors (Lipinski definition) is 13. The van der Waals surface area contributed by atoms with E-state index in [2.05, 4.69) is 5.32 Å². The zero-order valence-corrected chi connectivity index (χ0v) is 26.6. The number of aliphatic hydroxyl groups excluding tert-OH is 4. The molecule has 1 aromatic carbocycles. The normalized spacial score (nSPS) is 35.2. The summed E-state index contributed by atoms with van der Waals surface area (Å²) in [6.07, 6.45) is 3.14. The standard InChI is InChI=1S/C34H47NO12/c1-2-43-26(39)10-8-19-15-20-11-13-44-28(20)30(45-14-12-35-22-5-3-4-6-22)29(19)47-32-34(42)27-21(7-9-24(38)23(27)17-36)16-33(41,31(34)40)25(18-37)46-32/h7,9,11,13,15,21-25,27,31-32,35-38,40-42H,2-6,8,10,12,14,16-18H2,1H3/t21-,23+,24-,25+,27+,31-,32-,33+,34+/m0/s1. The van der Waals surface area contributed by atoms with E-state index < -0.39 is 72.7 Å². The van der Waals surface area contributed by atoms with Gasteiger partial charge in [-0.2, -0.15) is 0 Å². The molecule has 1 aliphatic heterocycles. The predicted molar refractivity (Wildman–Crippen MR) is 167 cm³/mol. The van der Waals surface area contributed by atoms with Crippen LogP contribution in [0.15, 0.2) is 35.0 Å². The van der Waals surface area contributed by atoms with Crippen molar-refractivity contribution in [1.29, 1.82) is 0 Å².